The lowest BCUT2D eigenvalue weighted by Crippen LogP contribution is -2.28. The number of nitrogens with zero attached hydrogens (tertiary/aromatic N) is 4. The van der Waals surface area contributed by atoms with Gasteiger partial charge in [-0.25, -0.2) is 0 Å². The maximum absolute atomic E-state index is 12.6. The van der Waals surface area contributed by atoms with Gasteiger partial charge >= 0.3 is 0 Å². The van der Waals surface area contributed by atoms with E-state index in [1.54, 1.807) is 18.0 Å². The Morgan fingerprint density at radius 1 is 1.17 bits per heavy atom. The van der Waals surface area contributed by atoms with Gasteiger partial charge in [-0.3, -0.25) is 4.79 Å². The van der Waals surface area contributed by atoms with Gasteiger partial charge in [0, 0.05) is 25.7 Å². The first-order valence-corrected chi connectivity index (χ1v) is 10.9. The number of halogens is 2. The second-order valence-electron chi connectivity index (χ2n) is 6.67. The number of thioether (sulfide) groups is 1. The van der Waals surface area contributed by atoms with Crippen molar-refractivity contribution in [2.24, 2.45) is 0 Å². The zero-order valence-electron chi connectivity index (χ0n) is 16.5. The number of aryl methyl sites for hydroxylation is 1. The van der Waals surface area contributed by atoms with Gasteiger partial charge in [0.2, 0.25) is 5.91 Å². The van der Waals surface area contributed by atoms with Crippen molar-refractivity contribution < 1.29 is 4.79 Å². The van der Waals surface area contributed by atoms with E-state index < -0.39 is 0 Å². The second kappa shape index (κ2) is 9.65. The third kappa shape index (κ3) is 5.13. The number of rotatable bonds is 7. The Kier molecular flexibility index (Phi) is 7.22. The molecule has 0 spiro atoms. The lowest BCUT2D eigenvalue weighted by molar-refractivity contribution is -0.127. The van der Waals surface area contributed by atoms with E-state index in [0.29, 0.717) is 16.6 Å². The molecule has 152 valence electrons. The van der Waals surface area contributed by atoms with E-state index in [1.165, 1.54) is 17.3 Å². The summed E-state index contributed by atoms with van der Waals surface area (Å²) in [4.78, 5) is 14.2. The van der Waals surface area contributed by atoms with E-state index >= 15 is 0 Å². The van der Waals surface area contributed by atoms with E-state index in [9.17, 15) is 4.79 Å². The number of aromatic nitrogens is 3. The van der Waals surface area contributed by atoms with Gasteiger partial charge in [0.15, 0.2) is 11.0 Å². The number of carbonyl (C=O) groups is 1. The average Bonchev–Trinajstić information content (AvgIpc) is 3.12. The first-order valence-electron chi connectivity index (χ1n) is 9.20. The van der Waals surface area contributed by atoms with Crippen molar-refractivity contribution in [3.63, 3.8) is 0 Å². The van der Waals surface area contributed by atoms with E-state index in [0.717, 1.165) is 28.7 Å². The topological polar surface area (TPSA) is 51.0 Å². The lowest BCUT2D eigenvalue weighted by Gasteiger charge is -2.18. The minimum Gasteiger partial charge on any atom is -0.341 e. The molecular formula is C21H22Cl2N4OS. The van der Waals surface area contributed by atoms with Crippen LogP contribution in [0.25, 0.3) is 11.4 Å². The van der Waals surface area contributed by atoms with Crippen LogP contribution in [-0.2, 0) is 17.9 Å². The molecule has 1 aromatic heterocycles. The number of carbonyl (C=O) groups excluding carboxylic acids is 1. The van der Waals surface area contributed by atoms with Crippen LogP contribution >= 0.6 is 35.0 Å². The van der Waals surface area contributed by atoms with Gasteiger partial charge in [0.1, 0.15) is 0 Å². The molecule has 3 aromatic rings. The monoisotopic (exact) mass is 448 g/mol. The Hall–Kier alpha value is -2.02. The highest BCUT2D eigenvalue weighted by molar-refractivity contribution is 7.99. The van der Waals surface area contributed by atoms with Crippen LogP contribution in [0, 0.1) is 6.92 Å². The summed E-state index contributed by atoms with van der Waals surface area (Å²) in [5, 5.41) is 10.3. The normalized spacial score (nSPS) is 10.9. The van der Waals surface area contributed by atoms with Crippen LogP contribution in [0.15, 0.2) is 47.6 Å². The Balaban J connectivity index is 1.68. The number of hydrogen-bond donors (Lipinski definition) is 0. The summed E-state index contributed by atoms with van der Waals surface area (Å²) < 4.78 is 2.03. The van der Waals surface area contributed by atoms with Crippen molar-refractivity contribution in [3.05, 3.63) is 63.6 Å². The molecule has 0 N–H and O–H groups in total. The highest BCUT2D eigenvalue weighted by Crippen LogP contribution is 2.27. The van der Waals surface area contributed by atoms with Crippen molar-refractivity contribution in [2.75, 3.05) is 12.8 Å². The van der Waals surface area contributed by atoms with Crippen LogP contribution in [0.3, 0.4) is 0 Å². The van der Waals surface area contributed by atoms with Gasteiger partial charge in [-0.2, -0.15) is 0 Å². The van der Waals surface area contributed by atoms with Gasteiger partial charge < -0.3 is 9.47 Å². The lowest BCUT2D eigenvalue weighted by atomic mass is 10.1. The summed E-state index contributed by atoms with van der Waals surface area (Å²) >= 11 is 13.7. The molecule has 5 nitrogen and oxygen atoms in total. The fourth-order valence-electron chi connectivity index (χ4n) is 2.93. The number of amides is 1. The minimum absolute atomic E-state index is 0.0196. The fraction of sp³-hybridized carbons (Fsp3) is 0.286. The molecule has 0 unspecified atom stereocenters. The molecule has 0 saturated heterocycles. The van der Waals surface area contributed by atoms with Crippen LogP contribution < -0.4 is 0 Å². The van der Waals surface area contributed by atoms with E-state index in [1.807, 2.05) is 48.7 Å². The maximum Gasteiger partial charge on any atom is 0.233 e. The van der Waals surface area contributed by atoms with Gasteiger partial charge in [-0.05, 0) is 31.5 Å². The zero-order valence-corrected chi connectivity index (χ0v) is 18.9. The second-order valence-corrected chi connectivity index (χ2v) is 8.40. The molecule has 0 radical (unpaired) electrons. The maximum atomic E-state index is 12.6. The Labute approximate surface area is 185 Å². The Morgan fingerprint density at radius 3 is 2.66 bits per heavy atom. The summed E-state index contributed by atoms with van der Waals surface area (Å²) in [6, 6.07) is 13.6. The zero-order chi connectivity index (χ0) is 21.0. The molecule has 0 aliphatic carbocycles. The first-order chi connectivity index (χ1) is 13.9. The minimum atomic E-state index is -0.0196. The number of hydrogen-bond acceptors (Lipinski definition) is 4. The SMILES string of the molecule is CCn1c(SCC(=O)N(C)Cc2cccc(Cl)c2Cl)nnc1-c1cccc(C)c1. The molecule has 29 heavy (non-hydrogen) atoms. The standard InChI is InChI=1S/C21H22Cl2N4OS/c1-4-27-20(15-8-5-7-14(2)11-15)24-25-21(27)29-13-18(28)26(3)12-16-9-6-10-17(22)19(16)23/h5-11H,4,12-13H2,1-3H3. The van der Waals surface area contributed by atoms with E-state index in [2.05, 4.69) is 16.3 Å². The van der Waals surface area contributed by atoms with Crippen LogP contribution in [0.2, 0.25) is 10.0 Å². The molecule has 0 saturated carbocycles. The largest absolute Gasteiger partial charge is 0.341 e. The molecule has 0 bridgehead atoms. The average molecular weight is 449 g/mol. The molecule has 8 heteroatoms. The van der Waals surface area contributed by atoms with E-state index in [4.69, 9.17) is 23.2 Å². The molecule has 0 aliphatic heterocycles. The number of benzene rings is 2. The molecule has 0 atom stereocenters. The first kappa shape index (κ1) is 21.7. The molecule has 1 amide bonds. The molecule has 3 rings (SSSR count). The summed E-state index contributed by atoms with van der Waals surface area (Å²) in [5.41, 5.74) is 3.00. The quantitative estimate of drug-likeness (QED) is 0.458. The van der Waals surface area contributed by atoms with Crippen molar-refractivity contribution in [2.45, 2.75) is 32.1 Å². The summed E-state index contributed by atoms with van der Waals surface area (Å²) in [6.07, 6.45) is 0. The Morgan fingerprint density at radius 2 is 1.93 bits per heavy atom. The molecule has 1 heterocycles. The van der Waals surface area contributed by atoms with Crippen molar-refractivity contribution in [3.8, 4) is 11.4 Å². The fourth-order valence-corrected chi connectivity index (χ4v) is 4.25. The smallest absolute Gasteiger partial charge is 0.233 e. The predicted molar refractivity (Wildman–Crippen MR) is 120 cm³/mol. The van der Waals surface area contributed by atoms with Gasteiger partial charge in [-0.15, -0.1) is 10.2 Å². The highest BCUT2D eigenvalue weighted by atomic mass is 35.5. The van der Waals surface area contributed by atoms with Crippen molar-refractivity contribution in [1.82, 2.24) is 19.7 Å². The summed E-state index contributed by atoms with van der Waals surface area (Å²) in [6.45, 7) is 5.21. The van der Waals surface area contributed by atoms with Crippen LogP contribution in [-0.4, -0.2) is 38.4 Å². The summed E-state index contributed by atoms with van der Waals surface area (Å²) in [5.74, 6) is 1.06. The predicted octanol–water partition coefficient (Wildman–Crippen LogP) is 5.33. The van der Waals surface area contributed by atoms with Crippen LogP contribution in [0.1, 0.15) is 18.1 Å². The molecule has 0 fully saturated rings. The van der Waals surface area contributed by atoms with Crippen LogP contribution in [0.4, 0.5) is 0 Å². The summed E-state index contributed by atoms with van der Waals surface area (Å²) in [7, 11) is 1.75. The molecule has 2 aromatic carbocycles. The molecule has 0 aliphatic rings. The van der Waals surface area contributed by atoms with E-state index in [-0.39, 0.29) is 11.7 Å². The van der Waals surface area contributed by atoms with Crippen molar-refractivity contribution >= 4 is 40.9 Å². The highest BCUT2D eigenvalue weighted by Gasteiger charge is 2.17. The van der Waals surface area contributed by atoms with Gasteiger partial charge in [-0.1, -0.05) is 70.9 Å². The van der Waals surface area contributed by atoms with Crippen molar-refractivity contribution in [1.29, 1.82) is 0 Å². The Bertz CT molecular complexity index is 1020. The van der Waals surface area contributed by atoms with Gasteiger partial charge in [0.25, 0.3) is 0 Å². The van der Waals surface area contributed by atoms with Crippen LogP contribution in [0.5, 0.6) is 0 Å². The third-order valence-electron chi connectivity index (χ3n) is 4.50. The third-order valence-corrected chi connectivity index (χ3v) is 6.31. The molecular weight excluding hydrogens is 427 g/mol. The van der Waals surface area contributed by atoms with Gasteiger partial charge in [0.05, 0.1) is 15.8 Å².